The molecule has 0 spiro atoms. The molecule has 1 N–H and O–H groups in total. The number of carboxylic acid groups (broad SMARTS) is 1. The van der Waals surface area contributed by atoms with E-state index in [1.807, 2.05) is 6.33 Å². The SMILES string of the molecule is CC(C)(C)CC(C)(C)n1cnc2ccc(C(=O)O)cc21. The summed E-state index contributed by atoms with van der Waals surface area (Å²) in [4.78, 5) is 15.5. The second kappa shape index (κ2) is 4.62. The maximum atomic E-state index is 11.1. The Labute approximate surface area is 119 Å². The van der Waals surface area contributed by atoms with Crippen LogP contribution in [0.15, 0.2) is 24.5 Å². The van der Waals surface area contributed by atoms with Crippen molar-refractivity contribution in [3.05, 3.63) is 30.1 Å². The van der Waals surface area contributed by atoms with Crippen molar-refractivity contribution in [1.82, 2.24) is 9.55 Å². The summed E-state index contributed by atoms with van der Waals surface area (Å²) in [6, 6.07) is 5.07. The summed E-state index contributed by atoms with van der Waals surface area (Å²) in [6.07, 6.45) is 2.78. The highest BCUT2D eigenvalue weighted by Crippen LogP contribution is 2.34. The first-order valence-corrected chi connectivity index (χ1v) is 6.81. The average Bonchev–Trinajstić information content (AvgIpc) is 2.68. The Balaban J connectivity index is 2.54. The van der Waals surface area contributed by atoms with Crippen LogP contribution in [0.5, 0.6) is 0 Å². The zero-order valence-corrected chi connectivity index (χ0v) is 12.8. The average molecular weight is 274 g/mol. The number of hydrogen-bond acceptors (Lipinski definition) is 2. The zero-order chi connectivity index (χ0) is 15.1. The maximum absolute atomic E-state index is 11.1. The second-order valence-electron chi connectivity index (χ2n) is 7.17. The van der Waals surface area contributed by atoms with E-state index in [9.17, 15) is 4.79 Å². The van der Waals surface area contributed by atoms with Crippen LogP contribution in [0.1, 0.15) is 51.4 Å². The van der Waals surface area contributed by atoms with E-state index < -0.39 is 5.97 Å². The largest absolute Gasteiger partial charge is 0.478 e. The van der Waals surface area contributed by atoms with Crippen LogP contribution in [0.25, 0.3) is 11.0 Å². The smallest absolute Gasteiger partial charge is 0.335 e. The quantitative estimate of drug-likeness (QED) is 0.923. The summed E-state index contributed by atoms with van der Waals surface area (Å²) < 4.78 is 2.08. The van der Waals surface area contributed by atoms with Crippen LogP contribution in [-0.4, -0.2) is 20.6 Å². The Morgan fingerprint density at radius 3 is 2.45 bits per heavy atom. The van der Waals surface area contributed by atoms with Gasteiger partial charge in [0.25, 0.3) is 0 Å². The molecular weight excluding hydrogens is 252 g/mol. The van der Waals surface area contributed by atoms with Gasteiger partial charge in [-0.25, -0.2) is 9.78 Å². The molecule has 0 saturated heterocycles. The monoisotopic (exact) mass is 274 g/mol. The van der Waals surface area contributed by atoms with Crippen LogP contribution < -0.4 is 0 Å². The van der Waals surface area contributed by atoms with Gasteiger partial charge >= 0.3 is 5.97 Å². The first-order valence-electron chi connectivity index (χ1n) is 6.81. The number of hydrogen-bond donors (Lipinski definition) is 1. The Hall–Kier alpha value is -1.84. The Morgan fingerprint density at radius 2 is 1.90 bits per heavy atom. The molecule has 0 aliphatic rings. The van der Waals surface area contributed by atoms with E-state index in [-0.39, 0.29) is 11.0 Å². The van der Waals surface area contributed by atoms with Crippen LogP contribution >= 0.6 is 0 Å². The minimum atomic E-state index is -0.909. The second-order valence-corrected chi connectivity index (χ2v) is 7.17. The van der Waals surface area contributed by atoms with E-state index in [2.05, 4.69) is 44.2 Å². The van der Waals surface area contributed by atoms with Gasteiger partial charge in [0.2, 0.25) is 0 Å². The number of carbonyl (C=O) groups is 1. The molecule has 0 saturated carbocycles. The van der Waals surface area contributed by atoms with E-state index in [0.29, 0.717) is 5.56 Å². The number of imidazole rings is 1. The number of carboxylic acids is 1. The van der Waals surface area contributed by atoms with Gasteiger partial charge in [-0.1, -0.05) is 20.8 Å². The lowest BCUT2D eigenvalue weighted by atomic mass is 9.81. The molecule has 0 radical (unpaired) electrons. The van der Waals surface area contributed by atoms with Gasteiger partial charge in [-0.15, -0.1) is 0 Å². The summed E-state index contributed by atoms with van der Waals surface area (Å²) in [5.41, 5.74) is 2.07. The molecule has 4 heteroatoms. The fourth-order valence-electron chi connectivity index (χ4n) is 3.01. The predicted octanol–water partition coefficient (Wildman–Crippen LogP) is 3.91. The van der Waals surface area contributed by atoms with Crippen LogP contribution in [0.2, 0.25) is 0 Å². The molecule has 1 aromatic carbocycles. The standard InChI is InChI=1S/C16H22N2O2/c1-15(2,3)9-16(4,5)18-10-17-12-7-6-11(14(19)20)8-13(12)18/h6-8,10H,9H2,1-5H3,(H,19,20). The fraction of sp³-hybridized carbons (Fsp3) is 0.500. The summed E-state index contributed by atoms with van der Waals surface area (Å²) >= 11 is 0. The maximum Gasteiger partial charge on any atom is 0.335 e. The van der Waals surface area contributed by atoms with Crippen molar-refractivity contribution >= 4 is 17.0 Å². The molecule has 0 amide bonds. The van der Waals surface area contributed by atoms with Crippen molar-refractivity contribution in [3.8, 4) is 0 Å². The molecule has 2 aromatic rings. The Kier molecular flexibility index (Phi) is 3.36. The summed E-state index contributed by atoms with van der Waals surface area (Å²) in [5, 5.41) is 9.13. The number of aromatic nitrogens is 2. The van der Waals surface area contributed by atoms with Crippen LogP contribution in [0.4, 0.5) is 0 Å². The number of fused-ring (bicyclic) bond motifs is 1. The topological polar surface area (TPSA) is 55.1 Å². The molecule has 1 aromatic heterocycles. The lowest BCUT2D eigenvalue weighted by molar-refractivity contribution is 0.0697. The molecule has 0 atom stereocenters. The molecule has 108 valence electrons. The van der Waals surface area contributed by atoms with Crippen LogP contribution in [0, 0.1) is 5.41 Å². The number of benzene rings is 1. The molecule has 0 fully saturated rings. The molecule has 0 bridgehead atoms. The Bertz CT molecular complexity index is 648. The van der Waals surface area contributed by atoms with Crippen molar-refractivity contribution in [2.24, 2.45) is 5.41 Å². The van der Waals surface area contributed by atoms with Gasteiger partial charge in [-0.3, -0.25) is 0 Å². The highest BCUT2D eigenvalue weighted by atomic mass is 16.4. The minimum Gasteiger partial charge on any atom is -0.478 e. The van der Waals surface area contributed by atoms with E-state index in [1.165, 1.54) is 0 Å². The first-order chi connectivity index (χ1) is 9.10. The number of rotatable bonds is 3. The van der Waals surface area contributed by atoms with E-state index in [4.69, 9.17) is 5.11 Å². The molecule has 4 nitrogen and oxygen atoms in total. The summed E-state index contributed by atoms with van der Waals surface area (Å²) in [7, 11) is 0. The molecule has 0 aliphatic carbocycles. The Morgan fingerprint density at radius 1 is 1.25 bits per heavy atom. The molecule has 2 rings (SSSR count). The zero-order valence-electron chi connectivity index (χ0n) is 12.8. The lowest BCUT2D eigenvalue weighted by Crippen LogP contribution is -2.30. The molecule has 20 heavy (non-hydrogen) atoms. The third kappa shape index (κ3) is 2.84. The van der Waals surface area contributed by atoms with Crippen LogP contribution in [0.3, 0.4) is 0 Å². The van der Waals surface area contributed by atoms with Crippen molar-refractivity contribution in [3.63, 3.8) is 0 Å². The summed E-state index contributed by atoms with van der Waals surface area (Å²) in [6.45, 7) is 10.9. The predicted molar refractivity (Wildman–Crippen MR) is 80.1 cm³/mol. The molecule has 0 aliphatic heterocycles. The third-order valence-electron chi connectivity index (χ3n) is 3.41. The van der Waals surface area contributed by atoms with E-state index in [1.54, 1.807) is 18.2 Å². The van der Waals surface area contributed by atoms with Crippen molar-refractivity contribution in [2.45, 2.75) is 46.6 Å². The molecule has 1 heterocycles. The fourth-order valence-corrected chi connectivity index (χ4v) is 3.01. The van der Waals surface area contributed by atoms with E-state index in [0.717, 1.165) is 17.5 Å². The van der Waals surface area contributed by atoms with Gasteiger partial charge in [0.05, 0.1) is 22.9 Å². The summed E-state index contributed by atoms with van der Waals surface area (Å²) in [5.74, 6) is -0.909. The van der Waals surface area contributed by atoms with Gasteiger partial charge < -0.3 is 9.67 Å². The minimum absolute atomic E-state index is 0.121. The highest BCUT2D eigenvalue weighted by molar-refractivity contribution is 5.92. The van der Waals surface area contributed by atoms with Crippen molar-refractivity contribution in [1.29, 1.82) is 0 Å². The molecule has 0 unspecified atom stereocenters. The van der Waals surface area contributed by atoms with Crippen LogP contribution in [-0.2, 0) is 5.54 Å². The molecular formula is C16H22N2O2. The lowest BCUT2D eigenvalue weighted by Gasteiger charge is -2.34. The number of nitrogens with zero attached hydrogens (tertiary/aromatic N) is 2. The normalized spacial score (nSPS) is 12.8. The number of aromatic carboxylic acids is 1. The van der Waals surface area contributed by atoms with Gasteiger partial charge in [-0.2, -0.15) is 0 Å². The third-order valence-corrected chi connectivity index (χ3v) is 3.41. The van der Waals surface area contributed by atoms with Gasteiger partial charge in [0, 0.05) is 5.54 Å². The van der Waals surface area contributed by atoms with Crippen molar-refractivity contribution < 1.29 is 9.90 Å². The first kappa shape index (κ1) is 14.6. The highest BCUT2D eigenvalue weighted by Gasteiger charge is 2.28. The van der Waals surface area contributed by atoms with Gasteiger partial charge in [-0.05, 0) is 43.9 Å². The van der Waals surface area contributed by atoms with Gasteiger partial charge in [0.1, 0.15) is 0 Å². The van der Waals surface area contributed by atoms with Crippen molar-refractivity contribution in [2.75, 3.05) is 0 Å². The van der Waals surface area contributed by atoms with E-state index >= 15 is 0 Å². The van der Waals surface area contributed by atoms with Gasteiger partial charge in [0.15, 0.2) is 0 Å².